The smallest absolute Gasteiger partial charge is 0.255 e. The minimum absolute atomic E-state index is 0.0391. The number of rotatable bonds is 7. The van der Waals surface area contributed by atoms with Gasteiger partial charge in [0.1, 0.15) is 6.04 Å². The molecule has 0 spiro atoms. The standard InChI is InChI=1S/C24H27N3O5S2/c1-34(31,32)21-10-6-5-9-17(21)23(29)27-13-20(28)22-19(27)11-12-26(22)24(30)18(25)15-33-14-16-7-3-2-4-8-16/h2-10,18-19,22H,11-15,25H2,1H3/t18-,19?,22?/m0/s1. The van der Waals surface area contributed by atoms with E-state index in [0.717, 1.165) is 17.6 Å². The van der Waals surface area contributed by atoms with Crippen molar-refractivity contribution in [2.45, 2.75) is 35.2 Å². The first-order valence-electron chi connectivity index (χ1n) is 11.0. The van der Waals surface area contributed by atoms with Gasteiger partial charge in [0.05, 0.1) is 29.1 Å². The van der Waals surface area contributed by atoms with Crippen LogP contribution in [-0.2, 0) is 25.2 Å². The van der Waals surface area contributed by atoms with E-state index in [2.05, 4.69) is 0 Å². The first-order valence-corrected chi connectivity index (χ1v) is 14.0. The average molecular weight is 502 g/mol. The molecule has 10 heteroatoms. The van der Waals surface area contributed by atoms with Gasteiger partial charge in [-0.15, -0.1) is 0 Å². The molecule has 3 atom stereocenters. The molecule has 2 aliphatic heterocycles. The van der Waals surface area contributed by atoms with E-state index >= 15 is 0 Å². The summed E-state index contributed by atoms with van der Waals surface area (Å²) in [4.78, 5) is 42.0. The lowest BCUT2D eigenvalue weighted by Gasteiger charge is -2.26. The molecule has 2 saturated heterocycles. The highest BCUT2D eigenvalue weighted by molar-refractivity contribution is 7.98. The number of benzene rings is 2. The van der Waals surface area contributed by atoms with Gasteiger partial charge in [-0.25, -0.2) is 8.42 Å². The number of likely N-dealkylation sites (tertiary alicyclic amines) is 2. The van der Waals surface area contributed by atoms with Gasteiger partial charge in [0.15, 0.2) is 15.6 Å². The Kier molecular flexibility index (Phi) is 7.11. The molecular formula is C24H27N3O5S2. The molecule has 2 fully saturated rings. The van der Waals surface area contributed by atoms with Crippen LogP contribution < -0.4 is 5.73 Å². The summed E-state index contributed by atoms with van der Waals surface area (Å²) in [6, 6.07) is 13.9. The molecule has 2 amide bonds. The molecule has 0 aliphatic carbocycles. The van der Waals surface area contributed by atoms with Crippen molar-refractivity contribution < 1.29 is 22.8 Å². The molecule has 0 aromatic heterocycles. The molecule has 8 nitrogen and oxygen atoms in total. The van der Waals surface area contributed by atoms with E-state index in [-0.39, 0.29) is 28.7 Å². The summed E-state index contributed by atoms with van der Waals surface area (Å²) in [6.07, 6.45) is 1.49. The number of carbonyl (C=O) groups excluding carboxylic acids is 3. The van der Waals surface area contributed by atoms with Crippen LogP contribution in [0.3, 0.4) is 0 Å². The summed E-state index contributed by atoms with van der Waals surface area (Å²) in [5, 5.41) is 0. The summed E-state index contributed by atoms with van der Waals surface area (Å²) in [5.74, 6) is 0.103. The van der Waals surface area contributed by atoms with E-state index < -0.39 is 33.9 Å². The largest absolute Gasteiger partial charge is 0.329 e. The predicted octanol–water partition coefficient (Wildman–Crippen LogP) is 1.35. The van der Waals surface area contributed by atoms with Crippen LogP contribution in [0.5, 0.6) is 0 Å². The average Bonchev–Trinajstić information content (AvgIpc) is 3.39. The van der Waals surface area contributed by atoms with Crippen LogP contribution in [0.4, 0.5) is 0 Å². The Hall–Kier alpha value is -2.69. The van der Waals surface area contributed by atoms with Crippen molar-refractivity contribution in [3.63, 3.8) is 0 Å². The maximum Gasteiger partial charge on any atom is 0.255 e. The van der Waals surface area contributed by atoms with Crippen LogP contribution in [-0.4, -0.2) is 79.0 Å². The number of carbonyl (C=O) groups is 3. The monoisotopic (exact) mass is 501 g/mol. The Morgan fingerprint density at radius 3 is 2.47 bits per heavy atom. The third-order valence-corrected chi connectivity index (χ3v) is 8.50. The van der Waals surface area contributed by atoms with Gasteiger partial charge in [-0.2, -0.15) is 11.8 Å². The van der Waals surface area contributed by atoms with Crippen LogP contribution in [0, 0.1) is 0 Å². The Balaban J connectivity index is 1.44. The van der Waals surface area contributed by atoms with E-state index in [0.29, 0.717) is 18.7 Å². The number of Topliss-reactive ketones (excluding diaryl/α,β-unsaturated/α-hetero) is 1. The number of ketones is 1. The summed E-state index contributed by atoms with van der Waals surface area (Å²) >= 11 is 1.56. The zero-order valence-electron chi connectivity index (χ0n) is 18.8. The van der Waals surface area contributed by atoms with Crippen molar-refractivity contribution in [1.82, 2.24) is 9.80 Å². The van der Waals surface area contributed by atoms with Crippen LogP contribution in [0.15, 0.2) is 59.5 Å². The van der Waals surface area contributed by atoms with E-state index in [4.69, 9.17) is 5.73 Å². The highest BCUT2D eigenvalue weighted by atomic mass is 32.2. The number of amides is 2. The number of nitrogens with zero attached hydrogens (tertiary/aromatic N) is 2. The van der Waals surface area contributed by atoms with Crippen LogP contribution in [0.25, 0.3) is 0 Å². The maximum atomic E-state index is 13.3. The minimum Gasteiger partial charge on any atom is -0.329 e. The molecule has 0 saturated carbocycles. The number of sulfone groups is 1. The number of hydrogen-bond acceptors (Lipinski definition) is 7. The number of nitrogens with two attached hydrogens (primary N) is 1. The molecule has 34 heavy (non-hydrogen) atoms. The molecule has 2 aliphatic rings. The third-order valence-electron chi connectivity index (χ3n) is 6.21. The van der Waals surface area contributed by atoms with Crippen molar-refractivity contribution in [2.75, 3.05) is 25.1 Å². The second-order valence-electron chi connectivity index (χ2n) is 8.61. The number of hydrogen-bond donors (Lipinski definition) is 1. The molecule has 2 heterocycles. The molecule has 180 valence electrons. The summed E-state index contributed by atoms with van der Waals surface area (Å²) in [6.45, 7) is 0.169. The zero-order chi connectivity index (χ0) is 24.5. The molecule has 0 bridgehead atoms. The SMILES string of the molecule is CS(=O)(=O)c1ccccc1C(=O)N1CC(=O)C2C1CCN2C(=O)[C@@H](N)CSCc1ccccc1. The fraction of sp³-hybridized carbons (Fsp3) is 0.375. The highest BCUT2D eigenvalue weighted by Gasteiger charge is 2.52. The molecule has 2 N–H and O–H groups in total. The van der Waals surface area contributed by atoms with Crippen molar-refractivity contribution >= 4 is 39.2 Å². The second-order valence-corrected chi connectivity index (χ2v) is 11.6. The van der Waals surface area contributed by atoms with E-state index in [1.165, 1.54) is 21.9 Å². The van der Waals surface area contributed by atoms with Crippen LogP contribution in [0.2, 0.25) is 0 Å². The maximum absolute atomic E-state index is 13.3. The first-order chi connectivity index (χ1) is 16.2. The quantitative estimate of drug-likeness (QED) is 0.608. The number of thioether (sulfide) groups is 1. The molecular weight excluding hydrogens is 474 g/mol. The minimum atomic E-state index is -3.62. The Morgan fingerprint density at radius 2 is 1.76 bits per heavy atom. The van der Waals surface area contributed by atoms with Crippen molar-refractivity contribution in [1.29, 1.82) is 0 Å². The van der Waals surface area contributed by atoms with Gasteiger partial charge < -0.3 is 15.5 Å². The van der Waals surface area contributed by atoms with Gasteiger partial charge in [0, 0.05) is 24.3 Å². The topological polar surface area (TPSA) is 118 Å². The Bertz CT molecular complexity index is 1200. The second kappa shape index (κ2) is 9.89. The Labute approximate surface area is 203 Å². The molecule has 4 rings (SSSR count). The normalized spacial score (nSPS) is 20.9. The first kappa shape index (κ1) is 24.4. The zero-order valence-corrected chi connectivity index (χ0v) is 20.4. The van der Waals surface area contributed by atoms with Gasteiger partial charge in [-0.05, 0) is 24.1 Å². The summed E-state index contributed by atoms with van der Waals surface area (Å²) in [5.41, 5.74) is 7.35. The molecule has 2 aromatic carbocycles. The van der Waals surface area contributed by atoms with Gasteiger partial charge in [-0.3, -0.25) is 14.4 Å². The lowest BCUT2D eigenvalue weighted by Crippen LogP contribution is -2.50. The van der Waals surface area contributed by atoms with Gasteiger partial charge in [-0.1, -0.05) is 42.5 Å². The van der Waals surface area contributed by atoms with E-state index in [1.807, 2.05) is 30.3 Å². The highest BCUT2D eigenvalue weighted by Crippen LogP contribution is 2.32. The molecule has 2 aromatic rings. The summed E-state index contributed by atoms with van der Waals surface area (Å²) in [7, 11) is -3.62. The fourth-order valence-corrected chi connectivity index (χ4v) is 6.45. The van der Waals surface area contributed by atoms with Crippen LogP contribution >= 0.6 is 11.8 Å². The van der Waals surface area contributed by atoms with Crippen molar-refractivity contribution in [2.24, 2.45) is 5.73 Å². The summed E-state index contributed by atoms with van der Waals surface area (Å²) < 4.78 is 24.3. The number of fused-ring (bicyclic) bond motifs is 1. The predicted molar refractivity (Wildman–Crippen MR) is 130 cm³/mol. The molecule has 0 radical (unpaired) electrons. The molecule has 2 unspecified atom stereocenters. The third kappa shape index (κ3) is 4.89. The fourth-order valence-electron chi connectivity index (χ4n) is 4.62. The lowest BCUT2D eigenvalue weighted by molar-refractivity contribution is -0.137. The van der Waals surface area contributed by atoms with E-state index in [9.17, 15) is 22.8 Å². The van der Waals surface area contributed by atoms with Crippen molar-refractivity contribution in [3.8, 4) is 0 Å². The lowest BCUT2D eigenvalue weighted by atomic mass is 10.1. The van der Waals surface area contributed by atoms with Gasteiger partial charge >= 0.3 is 0 Å². The van der Waals surface area contributed by atoms with Gasteiger partial charge in [0.2, 0.25) is 5.91 Å². The van der Waals surface area contributed by atoms with Crippen LogP contribution in [0.1, 0.15) is 22.3 Å². The van der Waals surface area contributed by atoms with Gasteiger partial charge in [0.25, 0.3) is 5.91 Å². The van der Waals surface area contributed by atoms with Crippen molar-refractivity contribution in [3.05, 3.63) is 65.7 Å². The van der Waals surface area contributed by atoms with E-state index in [1.54, 1.807) is 23.9 Å². The Morgan fingerprint density at radius 1 is 1.09 bits per heavy atom.